The first-order valence-electron chi connectivity index (χ1n) is 8.84. The van der Waals surface area contributed by atoms with Crippen LogP contribution in [0.2, 0.25) is 0 Å². The maximum absolute atomic E-state index is 11.4. The van der Waals surface area contributed by atoms with Crippen LogP contribution >= 0.6 is 0 Å². The number of carbonyl (C=O) groups is 1. The van der Waals surface area contributed by atoms with Gasteiger partial charge in [0.2, 0.25) is 0 Å². The van der Waals surface area contributed by atoms with Gasteiger partial charge in [0.1, 0.15) is 0 Å². The van der Waals surface area contributed by atoms with Crippen molar-refractivity contribution < 1.29 is 20.1 Å². The van der Waals surface area contributed by atoms with Crippen LogP contribution in [0.1, 0.15) is 43.2 Å². The molecule has 0 bridgehead atoms. The van der Waals surface area contributed by atoms with Gasteiger partial charge >= 0.3 is 5.97 Å². The number of aliphatic carboxylic acids is 1. The maximum Gasteiger partial charge on any atom is 0.306 e. The topological polar surface area (TPSA) is 77.8 Å². The average Bonchev–Trinajstić information content (AvgIpc) is 2.60. The summed E-state index contributed by atoms with van der Waals surface area (Å²) in [7, 11) is 0. The number of carboxylic acid groups (broad SMARTS) is 1. The van der Waals surface area contributed by atoms with Crippen molar-refractivity contribution in [3.8, 4) is 11.5 Å². The molecule has 0 aliphatic rings. The van der Waals surface area contributed by atoms with Crippen LogP contribution in [0.25, 0.3) is 0 Å². The molecule has 4 nitrogen and oxygen atoms in total. The molecule has 0 aliphatic heterocycles. The van der Waals surface area contributed by atoms with Crippen molar-refractivity contribution in [2.75, 3.05) is 0 Å². The van der Waals surface area contributed by atoms with Crippen molar-refractivity contribution in [1.29, 1.82) is 0 Å². The second kappa shape index (κ2) is 9.72. The molecule has 0 aliphatic carbocycles. The highest BCUT2D eigenvalue weighted by atomic mass is 16.4. The molecular formula is C21H26O4. The first-order valence-corrected chi connectivity index (χ1v) is 8.84. The summed E-state index contributed by atoms with van der Waals surface area (Å²) >= 11 is 0. The summed E-state index contributed by atoms with van der Waals surface area (Å²) in [6.07, 6.45) is 6.19. The fraction of sp³-hybridized carbons (Fsp3) is 0.381. The van der Waals surface area contributed by atoms with Gasteiger partial charge in [-0.2, -0.15) is 0 Å². The van der Waals surface area contributed by atoms with Gasteiger partial charge in [0.05, 0.1) is 5.92 Å². The van der Waals surface area contributed by atoms with Crippen LogP contribution < -0.4 is 0 Å². The Hall–Kier alpha value is -2.49. The van der Waals surface area contributed by atoms with E-state index in [1.165, 1.54) is 17.7 Å². The third-order valence-electron chi connectivity index (χ3n) is 4.48. The van der Waals surface area contributed by atoms with Gasteiger partial charge in [0, 0.05) is 0 Å². The molecule has 2 aromatic carbocycles. The van der Waals surface area contributed by atoms with E-state index in [0.29, 0.717) is 12.8 Å². The van der Waals surface area contributed by atoms with Crippen molar-refractivity contribution in [3.63, 3.8) is 0 Å². The van der Waals surface area contributed by atoms with Crippen LogP contribution in [0.4, 0.5) is 0 Å². The molecule has 4 heteroatoms. The molecule has 134 valence electrons. The lowest BCUT2D eigenvalue weighted by atomic mass is 9.93. The second-order valence-electron chi connectivity index (χ2n) is 6.50. The van der Waals surface area contributed by atoms with Crippen molar-refractivity contribution in [2.24, 2.45) is 5.92 Å². The molecule has 0 saturated carbocycles. The molecule has 0 fully saturated rings. The predicted molar refractivity (Wildman–Crippen MR) is 97.8 cm³/mol. The molecule has 0 heterocycles. The number of hydrogen-bond donors (Lipinski definition) is 3. The Morgan fingerprint density at radius 2 is 1.56 bits per heavy atom. The molecule has 0 aromatic heterocycles. The Morgan fingerprint density at radius 3 is 2.24 bits per heavy atom. The van der Waals surface area contributed by atoms with Crippen LogP contribution in [-0.4, -0.2) is 21.3 Å². The summed E-state index contributed by atoms with van der Waals surface area (Å²) in [6, 6.07) is 14.9. The molecule has 0 saturated heterocycles. The zero-order valence-corrected chi connectivity index (χ0v) is 14.4. The van der Waals surface area contributed by atoms with E-state index in [9.17, 15) is 20.1 Å². The molecular weight excluding hydrogens is 316 g/mol. The van der Waals surface area contributed by atoms with E-state index in [2.05, 4.69) is 12.1 Å². The van der Waals surface area contributed by atoms with Gasteiger partial charge in [-0.05, 0) is 48.9 Å². The summed E-state index contributed by atoms with van der Waals surface area (Å²) < 4.78 is 0. The van der Waals surface area contributed by atoms with E-state index in [1.807, 2.05) is 18.2 Å². The standard InChI is InChI=1S/C21H26O4/c22-19-13-12-17(15-20(19)23)14-18(21(24)25)11-7-2-1-4-8-16-9-5-3-6-10-16/h3,5-6,9-10,12-13,15,18,22-23H,1-2,4,7-8,11,14H2,(H,24,25). The molecule has 25 heavy (non-hydrogen) atoms. The fourth-order valence-electron chi connectivity index (χ4n) is 3.01. The largest absolute Gasteiger partial charge is 0.504 e. The normalized spacial score (nSPS) is 12.0. The number of unbranched alkanes of at least 4 members (excludes halogenated alkanes) is 3. The minimum absolute atomic E-state index is 0.186. The number of phenols is 2. The van der Waals surface area contributed by atoms with Gasteiger partial charge < -0.3 is 15.3 Å². The Labute approximate surface area is 148 Å². The molecule has 2 rings (SSSR count). The SMILES string of the molecule is O=C(O)C(CCCCCCc1ccccc1)Cc1ccc(O)c(O)c1. The first-order chi connectivity index (χ1) is 12.1. The van der Waals surface area contributed by atoms with E-state index >= 15 is 0 Å². The van der Waals surface area contributed by atoms with Gasteiger partial charge in [-0.15, -0.1) is 0 Å². The number of rotatable bonds is 10. The summed E-state index contributed by atoms with van der Waals surface area (Å²) in [4.78, 5) is 11.4. The monoisotopic (exact) mass is 342 g/mol. The zero-order valence-electron chi connectivity index (χ0n) is 14.4. The minimum Gasteiger partial charge on any atom is -0.504 e. The Kier molecular flexibility index (Phi) is 7.33. The lowest BCUT2D eigenvalue weighted by Gasteiger charge is -2.13. The van der Waals surface area contributed by atoms with Crippen LogP contribution in [0.15, 0.2) is 48.5 Å². The lowest BCUT2D eigenvalue weighted by molar-refractivity contribution is -0.142. The van der Waals surface area contributed by atoms with E-state index in [-0.39, 0.29) is 11.5 Å². The van der Waals surface area contributed by atoms with Crippen LogP contribution in [0.3, 0.4) is 0 Å². The smallest absolute Gasteiger partial charge is 0.306 e. The highest BCUT2D eigenvalue weighted by Crippen LogP contribution is 2.27. The Bertz CT molecular complexity index is 667. The van der Waals surface area contributed by atoms with E-state index in [4.69, 9.17) is 0 Å². The van der Waals surface area contributed by atoms with Gasteiger partial charge in [0.15, 0.2) is 11.5 Å². The van der Waals surface area contributed by atoms with E-state index < -0.39 is 11.9 Å². The number of aryl methyl sites for hydroxylation is 1. The van der Waals surface area contributed by atoms with E-state index in [0.717, 1.165) is 37.7 Å². The summed E-state index contributed by atoms with van der Waals surface area (Å²) in [5, 5.41) is 28.2. The molecule has 0 spiro atoms. The van der Waals surface area contributed by atoms with E-state index in [1.54, 1.807) is 6.07 Å². The maximum atomic E-state index is 11.4. The van der Waals surface area contributed by atoms with Crippen LogP contribution in [-0.2, 0) is 17.6 Å². The molecule has 3 N–H and O–H groups in total. The molecule has 0 amide bonds. The Balaban J connectivity index is 1.70. The quantitative estimate of drug-likeness (QED) is 0.438. The van der Waals surface area contributed by atoms with Crippen molar-refractivity contribution in [3.05, 3.63) is 59.7 Å². The molecule has 0 radical (unpaired) electrons. The number of hydrogen-bond acceptors (Lipinski definition) is 3. The van der Waals surface area contributed by atoms with Crippen molar-refractivity contribution >= 4 is 5.97 Å². The first kappa shape index (κ1) is 18.8. The van der Waals surface area contributed by atoms with Gasteiger partial charge in [-0.25, -0.2) is 0 Å². The summed E-state index contributed by atoms with van der Waals surface area (Å²) in [5.41, 5.74) is 2.07. The summed E-state index contributed by atoms with van der Waals surface area (Å²) in [6.45, 7) is 0. The van der Waals surface area contributed by atoms with Crippen molar-refractivity contribution in [2.45, 2.75) is 44.9 Å². The fourth-order valence-corrected chi connectivity index (χ4v) is 3.01. The Morgan fingerprint density at radius 1 is 0.840 bits per heavy atom. The molecule has 2 aromatic rings. The average molecular weight is 342 g/mol. The third kappa shape index (κ3) is 6.49. The highest BCUT2D eigenvalue weighted by molar-refractivity contribution is 5.70. The second-order valence-corrected chi connectivity index (χ2v) is 6.50. The van der Waals surface area contributed by atoms with Crippen LogP contribution in [0.5, 0.6) is 11.5 Å². The number of carboxylic acids is 1. The number of benzene rings is 2. The highest BCUT2D eigenvalue weighted by Gasteiger charge is 2.18. The number of aromatic hydroxyl groups is 2. The number of phenolic OH excluding ortho intramolecular Hbond substituents is 2. The minimum atomic E-state index is -0.808. The predicted octanol–water partition coefficient (Wildman–Crippen LogP) is 4.53. The van der Waals surface area contributed by atoms with Gasteiger partial charge in [-0.1, -0.05) is 55.7 Å². The van der Waals surface area contributed by atoms with Crippen LogP contribution in [0, 0.1) is 5.92 Å². The molecule has 1 unspecified atom stereocenters. The zero-order chi connectivity index (χ0) is 18.1. The third-order valence-corrected chi connectivity index (χ3v) is 4.48. The summed E-state index contributed by atoms with van der Waals surface area (Å²) in [5.74, 6) is -1.66. The van der Waals surface area contributed by atoms with Gasteiger partial charge in [0.25, 0.3) is 0 Å². The lowest BCUT2D eigenvalue weighted by Crippen LogP contribution is -2.16. The molecule has 1 atom stereocenters. The van der Waals surface area contributed by atoms with Crippen molar-refractivity contribution in [1.82, 2.24) is 0 Å². The van der Waals surface area contributed by atoms with Gasteiger partial charge in [-0.3, -0.25) is 4.79 Å².